The Kier molecular flexibility index (Phi) is 5.20. The SMILES string of the molecule is CC(CNC(=O)[C@@H](N)Cc1ccc(O)cc1)N(C)C1CC1. The summed E-state index contributed by atoms with van der Waals surface area (Å²) in [5, 5.41) is 12.2. The molecule has 1 saturated carbocycles. The number of hydrogen-bond donors (Lipinski definition) is 3. The molecule has 21 heavy (non-hydrogen) atoms. The summed E-state index contributed by atoms with van der Waals surface area (Å²) in [4.78, 5) is 14.3. The zero-order valence-electron chi connectivity index (χ0n) is 12.7. The third-order valence-electron chi connectivity index (χ3n) is 4.12. The molecule has 5 heteroatoms. The van der Waals surface area contributed by atoms with Gasteiger partial charge in [-0.2, -0.15) is 0 Å². The van der Waals surface area contributed by atoms with E-state index in [0.29, 0.717) is 25.0 Å². The summed E-state index contributed by atoms with van der Waals surface area (Å²) in [6, 6.07) is 7.22. The lowest BCUT2D eigenvalue weighted by Crippen LogP contribution is -2.47. The van der Waals surface area contributed by atoms with Gasteiger partial charge in [0.15, 0.2) is 0 Å². The first kappa shape index (κ1) is 15.8. The summed E-state index contributed by atoms with van der Waals surface area (Å²) in [6.45, 7) is 2.74. The zero-order valence-corrected chi connectivity index (χ0v) is 12.7. The van der Waals surface area contributed by atoms with E-state index in [1.807, 2.05) is 0 Å². The molecule has 116 valence electrons. The third-order valence-corrected chi connectivity index (χ3v) is 4.12. The Bertz CT molecular complexity index is 471. The van der Waals surface area contributed by atoms with Crippen LogP contribution in [0.3, 0.4) is 0 Å². The number of aromatic hydroxyl groups is 1. The first-order chi connectivity index (χ1) is 9.97. The van der Waals surface area contributed by atoms with Crippen LogP contribution >= 0.6 is 0 Å². The number of nitrogens with one attached hydrogen (secondary N) is 1. The van der Waals surface area contributed by atoms with Gasteiger partial charge in [-0.05, 0) is 50.9 Å². The molecule has 1 fully saturated rings. The molecule has 1 aliphatic rings. The highest BCUT2D eigenvalue weighted by atomic mass is 16.3. The minimum absolute atomic E-state index is 0.126. The molecule has 1 aromatic rings. The fraction of sp³-hybridized carbons (Fsp3) is 0.562. The van der Waals surface area contributed by atoms with Gasteiger partial charge in [-0.15, -0.1) is 0 Å². The maximum atomic E-state index is 12.0. The maximum absolute atomic E-state index is 12.0. The van der Waals surface area contributed by atoms with Gasteiger partial charge >= 0.3 is 0 Å². The van der Waals surface area contributed by atoms with Crippen molar-refractivity contribution in [3.63, 3.8) is 0 Å². The van der Waals surface area contributed by atoms with Crippen LogP contribution in [0.25, 0.3) is 0 Å². The van der Waals surface area contributed by atoms with E-state index in [0.717, 1.165) is 5.56 Å². The second-order valence-electron chi connectivity index (χ2n) is 5.97. The number of carbonyl (C=O) groups is 1. The molecule has 5 nitrogen and oxygen atoms in total. The lowest BCUT2D eigenvalue weighted by molar-refractivity contribution is -0.122. The summed E-state index contributed by atoms with van der Waals surface area (Å²) >= 11 is 0. The molecule has 0 saturated heterocycles. The van der Waals surface area contributed by atoms with Crippen LogP contribution < -0.4 is 11.1 Å². The number of nitrogens with zero attached hydrogens (tertiary/aromatic N) is 1. The molecule has 0 spiro atoms. The average molecular weight is 291 g/mol. The number of nitrogens with two attached hydrogens (primary N) is 1. The first-order valence-electron chi connectivity index (χ1n) is 7.50. The molecular formula is C16H25N3O2. The van der Waals surface area contributed by atoms with Crippen LogP contribution in [0.15, 0.2) is 24.3 Å². The molecule has 0 radical (unpaired) electrons. The maximum Gasteiger partial charge on any atom is 0.237 e. The number of phenols is 1. The molecule has 0 bridgehead atoms. The third kappa shape index (κ3) is 4.72. The van der Waals surface area contributed by atoms with Crippen molar-refractivity contribution in [1.82, 2.24) is 10.2 Å². The zero-order chi connectivity index (χ0) is 15.4. The molecular weight excluding hydrogens is 266 g/mol. The fourth-order valence-corrected chi connectivity index (χ4v) is 2.34. The van der Waals surface area contributed by atoms with Crippen LogP contribution in [0.4, 0.5) is 0 Å². The smallest absolute Gasteiger partial charge is 0.237 e. The van der Waals surface area contributed by atoms with Crippen molar-refractivity contribution < 1.29 is 9.90 Å². The molecule has 1 aliphatic carbocycles. The van der Waals surface area contributed by atoms with Gasteiger partial charge in [-0.3, -0.25) is 9.69 Å². The van der Waals surface area contributed by atoms with Gasteiger partial charge < -0.3 is 16.2 Å². The largest absolute Gasteiger partial charge is 0.508 e. The molecule has 2 atom stereocenters. The fourth-order valence-electron chi connectivity index (χ4n) is 2.34. The standard InChI is InChI=1S/C16H25N3O2/c1-11(19(2)13-5-6-13)10-18-16(21)15(17)9-12-3-7-14(20)8-4-12/h3-4,7-8,11,13,15,20H,5-6,9-10,17H2,1-2H3,(H,18,21)/t11?,15-/m0/s1. The number of benzene rings is 1. The normalized spacial score (nSPS) is 17.5. The second kappa shape index (κ2) is 6.91. The Balaban J connectivity index is 1.75. The van der Waals surface area contributed by atoms with Gasteiger partial charge in [0.2, 0.25) is 5.91 Å². The van der Waals surface area contributed by atoms with Crippen LogP contribution in [-0.2, 0) is 11.2 Å². The minimum Gasteiger partial charge on any atom is -0.508 e. The molecule has 1 amide bonds. The quantitative estimate of drug-likeness (QED) is 0.696. The summed E-state index contributed by atoms with van der Waals surface area (Å²) in [5.74, 6) is 0.0906. The molecule has 2 rings (SSSR count). The number of likely N-dealkylation sites (N-methyl/N-ethyl adjacent to an activating group) is 1. The molecule has 4 N–H and O–H groups in total. The Morgan fingerprint density at radius 2 is 2.05 bits per heavy atom. The van der Waals surface area contributed by atoms with Crippen LogP contribution in [-0.4, -0.2) is 47.6 Å². The van der Waals surface area contributed by atoms with Gasteiger partial charge in [0.25, 0.3) is 0 Å². The van der Waals surface area contributed by atoms with E-state index in [4.69, 9.17) is 5.73 Å². The lowest BCUT2D eigenvalue weighted by atomic mass is 10.1. The van der Waals surface area contributed by atoms with Gasteiger partial charge in [0.1, 0.15) is 5.75 Å². The summed E-state index contributed by atoms with van der Waals surface area (Å²) in [7, 11) is 2.10. The summed E-state index contributed by atoms with van der Waals surface area (Å²) < 4.78 is 0. The number of amides is 1. The van der Waals surface area contributed by atoms with Crippen LogP contribution in [0.1, 0.15) is 25.3 Å². The van der Waals surface area contributed by atoms with Gasteiger partial charge in [-0.1, -0.05) is 12.1 Å². The molecule has 0 heterocycles. The van der Waals surface area contributed by atoms with E-state index < -0.39 is 6.04 Å². The number of carbonyl (C=O) groups excluding carboxylic acids is 1. The highest BCUT2D eigenvalue weighted by molar-refractivity contribution is 5.81. The van der Waals surface area contributed by atoms with E-state index in [2.05, 4.69) is 24.2 Å². The van der Waals surface area contributed by atoms with Crippen LogP contribution in [0, 0.1) is 0 Å². The predicted octanol–water partition coefficient (Wildman–Crippen LogP) is 0.861. The van der Waals surface area contributed by atoms with Crippen LogP contribution in [0.2, 0.25) is 0 Å². The molecule has 1 aromatic carbocycles. The topological polar surface area (TPSA) is 78.6 Å². The molecule has 0 aliphatic heterocycles. The monoisotopic (exact) mass is 291 g/mol. The van der Waals surface area contributed by atoms with E-state index in [9.17, 15) is 9.90 Å². The highest BCUT2D eigenvalue weighted by Crippen LogP contribution is 2.26. The van der Waals surface area contributed by atoms with E-state index in [-0.39, 0.29) is 11.7 Å². The van der Waals surface area contributed by atoms with E-state index in [1.54, 1.807) is 24.3 Å². The van der Waals surface area contributed by atoms with Crippen molar-refractivity contribution >= 4 is 5.91 Å². The van der Waals surface area contributed by atoms with Crippen molar-refractivity contribution in [3.05, 3.63) is 29.8 Å². The second-order valence-corrected chi connectivity index (χ2v) is 5.97. The molecule has 1 unspecified atom stereocenters. The Morgan fingerprint density at radius 1 is 1.43 bits per heavy atom. The minimum atomic E-state index is -0.562. The van der Waals surface area contributed by atoms with Crippen molar-refractivity contribution in [1.29, 1.82) is 0 Å². The summed E-state index contributed by atoms with van der Waals surface area (Å²) in [6.07, 6.45) is 2.99. The molecule has 0 aromatic heterocycles. The predicted molar refractivity (Wildman–Crippen MR) is 83.0 cm³/mol. The Morgan fingerprint density at radius 3 is 2.62 bits per heavy atom. The summed E-state index contributed by atoms with van der Waals surface area (Å²) in [5.41, 5.74) is 6.88. The first-order valence-corrected chi connectivity index (χ1v) is 7.50. The number of hydrogen-bond acceptors (Lipinski definition) is 4. The van der Waals surface area contributed by atoms with Gasteiger partial charge in [0.05, 0.1) is 6.04 Å². The Labute approximate surface area is 126 Å². The highest BCUT2D eigenvalue weighted by Gasteiger charge is 2.29. The van der Waals surface area contributed by atoms with Gasteiger partial charge in [0, 0.05) is 18.6 Å². The van der Waals surface area contributed by atoms with Gasteiger partial charge in [-0.25, -0.2) is 0 Å². The van der Waals surface area contributed by atoms with Crippen molar-refractivity contribution in [2.24, 2.45) is 5.73 Å². The van der Waals surface area contributed by atoms with Crippen molar-refractivity contribution in [2.75, 3.05) is 13.6 Å². The lowest BCUT2D eigenvalue weighted by Gasteiger charge is -2.25. The number of rotatable bonds is 7. The average Bonchev–Trinajstić information content (AvgIpc) is 3.30. The Hall–Kier alpha value is -1.59. The number of phenolic OH excluding ortho intramolecular Hbond substituents is 1. The van der Waals surface area contributed by atoms with Crippen molar-refractivity contribution in [3.8, 4) is 5.75 Å². The van der Waals surface area contributed by atoms with Crippen LogP contribution in [0.5, 0.6) is 5.75 Å². The van der Waals surface area contributed by atoms with E-state index >= 15 is 0 Å². The van der Waals surface area contributed by atoms with Crippen molar-refractivity contribution in [2.45, 2.75) is 44.3 Å². The van der Waals surface area contributed by atoms with E-state index in [1.165, 1.54) is 12.8 Å².